The number of methoxy groups -OCH3 is 1. The van der Waals surface area contributed by atoms with E-state index in [-0.39, 0.29) is 5.92 Å². The maximum absolute atomic E-state index is 9.64. The highest BCUT2D eigenvalue weighted by Gasteiger charge is 2.22. The van der Waals surface area contributed by atoms with Gasteiger partial charge < -0.3 is 14.4 Å². The van der Waals surface area contributed by atoms with Crippen LogP contribution in [-0.2, 0) is 0 Å². The van der Waals surface area contributed by atoms with Crippen molar-refractivity contribution in [1.29, 1.82) is 0 Å². The van der Waals surface area contributed by atoms with Crippen LogP contribution in [0, 0.1) is 0 Å². The number of hydrogen-bond acceptors (Lipinski definition) is 7. The van der Waals surface area contributed by atoms with Crippen LogP contribution in [0.4, 0.5) is 0 Å². The van der Waals surface area contributed by atoms with E-state index in [0.29, 0.717) is 29.7 Å². The first-order chi connectivity index (χ1) is 9.15. The van der Waals surface area contributed by atoms with Gasteiger partial charge in [0.25, 0.3) is 0 Å². The summed E-state index contributed by atoms with van der Waals surface area (Å²) in [7, 11) is 1.52. The molecule has 0 spiro atoms. The van der Waals surface area contributed by atoms with E-state index < -0.39 is 6.10 Å². The van der Waals surface area contributed by atoms with Crippen LogP contribution in [0.2, 0.25) is 0 Å². The Balaban J connectivity index is 2.24. The van der Waals surface area contributed by atoms with E-state index in [2.05, 4.69) is 20.3 Å². The highest BCUT2D eigenvalue weighted by molar-refractivity contribution is 5.47. The van der Waals surface area contributed by atoms with Crippen molar-refractivity contribution in [2.75, 3.05) is 7.11 Å². The van der Waals surface area contributed by atoms with Gasteiger partial charge in [-0.05, 0) is 19.4 Å². The van der Waals surface area contributed by atoms with Gasteiger partial charge in [-0.15, -0.1) is 10.2 Å². The zero-order valence-corrected chi connectivity index (χ0v) is 11.1. The Kier molecular flexibility index (Phi) is 4.06. The second-order valence-electron chi connectivity index (χ2n) is 4.17. The first-order valence-electron chi connectivity index (χ1n) is 6.05. The fourth-order valence-electron chi connectivity index (χ4n) is 1.76. The number of rotatable bonds is 5. The van der Waals surface area contributed by atoms with Gasteiger partial charge in [0.1, 0.15) is 5.69 Å². The highest BCUT2D eigenvalue weighted by atomic mass is 16.5. The first kappa shape index (κ1) is 13.4. The Bertz CT molecular complexity index is 524. The van der Waals surface area contributed by atoms with E-state index in [1.54, 1.807) is 19.1 Å². The molecule has 0 radical (unpaired) electrons. The van der Waals surface area contributed by atoms with Crippen molar-refractivity contribution in [3.8, 4) is 17.4 Å². The molecule has 0 aliphatic carbocycles. The maximum atomic E-state index is 9.64. The van der Waals surface area contributed by atoms with Crippen molar-refractivity contribution < 1.29 is 14.4 Å². The molecule has 7 heteroatoms. The van der Waals surface area contributed by atoms with Gasteiger partial charge in [-0.3, -0.25) is 0 Å². The number of hydrogen-bond donors (Lipinski definition) is 1. The van der Waals surface area contributed by atoms with Gasteiger partial charge >= 0.3 is 0 Å². The lowest BCUT2D eigenvalue weighted by atomic mass is 10.0. The summed E-state index contributed by atoms with van der Waals surface area (Å²) in [6.45, 7) is 3.65. The molecular formula is C12H16N4O3. The maximum Gasteiger partial charge on any atom is 0.233 e. The van der Waals surface area contributed by atoms with Crippen molar-refractivity contribution in [3.63, 3.8) is 0 Å². The Morgan fingerprint density at radius 2 is 2.16 bits per heavy atom. The summed E-state index contributed by atoms with van der Waals surface area (Å²) in [5.41, 5.74) is 0.497. The molecule has 0 saturated heterocycles. The Morgan fingerprint density at radius 1 is 1.37 bits per heavy atom. The zero-order valence-electron chi connectivity index (χ0n) is 11.1. The number of ether oxygens (including phenoxy) is 1. The van der Waals surface area contributed by atoms with Crippen molar-refractivity contribution in [1.82, 2.24) is 20.3 Å². The number of aliphatic hydroxyl groups is 1. The number of aliphatic hydroxyl groups excluding tert-OH is 1. The Hall–Kier alpha value is -2.02. The van der Waals surface area contributed by atoms with E-state index in [1.165, 1.54) is 7.11 Å². The van der Waals surface area contributed by atoms with Crippen LogP contribution >= 0.6 is 0 Å². The lowest BCUT2D eigenvalue weighted by molar-refractivity contribution is 0.141. The molecule has 2 heterocycles. The summed E-state index contributed by atoms with van der Waals surface area (Å²) < 4.78 is 10.1. The summed E-state index contributed by atoms with van der Waals surface area (Å²) in [5, 5.41) is 21.3. The predicted octanol–water partition coefficient (Wildman–Crippen LogP) is 1.41. The molecule has 2 rings (SSSR count). The first-order valence-corrected chi connectivity index (χ1v) is 6.05. The minimum absolute atomic E-state index is 0.174. The van der Waals surface area contributed by atoms with Gasteiger partial charge in [-0.1, -0.05) is 12.1 Å². The molecule has 0 aliphatic rings. The lowest BCUT2D eigenvalue weighted by Gasteiger charge is -2.12. The Morgan fingerprint density at radius 3 is 2.68 bits per heavy atom. The SMILES string of the molecule is CCC(c1nc(-c2ccc(OC)nn2)no1)C(C)O. The van der Waals surface area contributed by atoms with Gasteiger partial charge in [-0.25, -0.2) is 0 Å². The molecule has 2 atom stereocenters. The van der Waals surface area contributed by atoms with Crippen molar-refractivity contribution in [2.24, 2.45) is 0 Å². The monoisotopic (exact) mass is 264 g/mol. The quantitative estimate of drug-likeness (QED) is 0.872. The standard InChI is InChI=1S/C12H16N4O3/c1-4-8(7(2)17)12-13-11(16-19-12)9-5-6-10(18-3)15-14-9/h5-8,17H,4H2,1-3H3. The van der Waals surface area contributed by atoms with E-state index >= 15 is 0 Å². The third kappa shape index (κ3) is 2.87. The number of aromatic nitrogens is 4. The largest absolute Gasteiger partial charge is 0.480 e. The van der Waals surface area contributed by atoms with Gasteiger partial charge in [0.2, 0.25) is 17.6 Å². The number of nitrogens with zero attached hydrogens (tertiary/aromatic N) is 4. The second-order valence-corrected chi connectivity index (χ2v) is 4.17. The minimum atomic E-state index is -0.541. The molecule has 0 fully saturated rings. The van der Waals surface area contributed by atoms with Gasteiger partial charge in [0, 0.05) is 6.07 Å². The van der Waals surface area contributed by atoms with Crippen molar-refractivity contribution in [3.05, 3.63) is 18.0 Å². The molecular weight excluding hydrogens is 248 g/mol. The van der Waals surface area contributed by atoms with Crippen LogP contribution in [0.5, 0.6) is 5.88 Å². The van der Waals surface area contributed by atoms with E-state index in [4.69, 9.17) is 9.26 Å². The third-order valence-corrected chi connectivity index (χ3v) is 2.86. The van der Waals surface area contributed by atoms with Gasteiger partial charge in [0.15, 0.2) is 0 Å². The zero-order chi connectivity index (χ0) is 13.8. The Labute approximate surface area is 110 Å². The summed E-state index contributed by atoms with van der Waals surface area (Å²) in [4.78, 5) is 4.25. The summed E-state index contributed by atoms with van der Waals surface area (Å²) in [5.74, 6) is 1.00. The van der Waals surface area contributed by atoms with Crippen LogP contribution in [-0.4, -0.2) is 38.7 Å². The minimum Gasteiger partial charge on any atom is -0.480 e. The van der Waals surface area contributed by atoms with Crippen LogP contribution in [0.1, 0.15) is 32.1 Å². The fourth-order valence-corrected chi connectivity index (χ4v) is 1.76. The summed E-state index contributed by atoms with van der Waals surface area (Å²) >= 11 is 0. The molecule has 7 nitrogen and oxygen atoms in total. The second kappa shape index (κ2) is 5.75. The third-order valence-electron chi connectivity index (χ3n) is 2.86. The molecule has 0 aromatic carbocycles. The van der Waals surface area contributed by atoms with Crippen LogP contribution in [0.15, 0.2) is 16.7 Å². The predicted molar refractivity (Wildman–Crippen MR) is 66.6 cm³/mol. The molecule has 1 N–H and O–H groups in total. The molecule has 102 valence electrons. The molecule has 2 aromatic heterocycles. The van der Waals surface area contributed by atoms with Crippen molar-refractivity contribution >= 4 is 0 Å². The summed E-state index contributed by atoms with van der Waals surface area (Å²) in [6, 6.07) is 3.37. The van der Waals surface area contributed by atoms with Crippen LogP contribution in [0.25, 0.3) is 11.5 Å². The fraction of sp³-hybridized carbons (Fsp3) is 0.500. The molecule has 2 unspecified atom stereocenters. The average molecular weight is 264 g/mol. The average Bonchev–Trinajstić information content (AvgIpc) is 2.89. The topological polar surface area (TPSA) is 94.2 Å². The molecule has 2 aromatic rings. The van der Waals surface area contributed by atoms with Crippen molar-refractivity contribution in [2.45, 2.75) is 32.3 Å². The van der Waals surface area contributed by atoms with E-state index in [9.17, 15) is 5.11 Å². The van der Waals surface area contributed by atoms with Gasteiger partial charge in [-0.2, -0.15) is 4.98 Å². The van der Waals surface area contributed by atoms with Crippen LogP contribution < -0.4 is 4.74 Å². The van der Waals surface area contributed by atoms with E-state index in [0.717, 1.165) is 0 Å². The highest BCUT2D eigenvalue weighted by Crippen LogP contribution is 2.24. The van der Waals surface area contributed by atoms with E-state index in [1.807, 2.05) is 6.92 Å². The van der Waals surface area contributed by atoms with Crippen LogP contribution in [0.3, 0.4) is 0 Å². The molecule has 0 bridgehead atoms. The molecule has 0 amide bonds. The normalized spacial score (nSPS) is 14.1. The molecule has 0 saturated carbocycles. The molecule has 19 heavy (non-hydrogen) atoms. The lowest BCUT2D eigenvalue weighted by Crippen LogP contribution is -2.14. The van der Waals surface area contributed by atoms with Gasteiger partial charge in [0.05, 0.1) is 19.1 Å². The smallest absolute Gasteiger partial charge is 0.233 e. The summed E-state index contributed by atoms with van der Waals surface area (Å²) in [6.07, 6.45) is 0.174. The molecule has 0 aliphatic heterocycles.